The number of nitrogens with one attached hydrogen (secondary N) is 5. The van der Waals surface area contributed by atoms with Gasteiger partial charge in [-0.2, -0.15) is 4.57 Å². The molecule has 19 nitrogen and oxygen atoms in total. The summed E-state index contributed by atoms with van der Waals surface area (Å²) in [5, 5.41) is 40.1. The maximum atomic E-state index is 13.8. The van der Waals surface area contributed by atoms with Gasteiger partial charge >= 0.3 is 29.6 Å². The molecule has 5 rings (SSSR count). The minimum atomic E-state index is -1.84. The first-order chi connectivity index (χ1) is 31.2. The Kier molecular flexibility index (Phi) is 17.6. The number of hydrogen-bond acceptors (Lipinski definition) is 11. The van der Waals surface area contributed by atoms with Crippen LogP contribution in [-0.2, 0) is 46.4 Å². The molecule has 3 aromatic carbocycles. The van der Waals surface area contributed by atoms with Crippen molar-refractivity contribution < 1.29 is 63.0 Å². The normalized spacial score (nSPS) is 14.1. The third-order valence-electron chi connectivity index (χ3n) is 10.2. The number of amides is 4. The van der Waals surface area contributed by atoms with Crippen molar-refractivity contribution in [3.8, 4) is 17.0 Å². The van der Waals surface area contributed by atoms with Gasteiger partial charge < -0.3 is 41.3 Å². The van der Waals surface area contributed by atoms with E-state index >= 15 is 0 Å². The van der Waals surface area contributed by atoms with Gasteiger partial charge in [0.2, 0.25) is 23.6 Å². The van der Waals surface area contributed by atoms with Crippen LogP contribution in [0.2, 0.25) is 0 Å². The molecule has 65 heavy (non-hydrogen) atoms. The number of carboxylic acids is 3. The second-order valence-electron chi connectivity index (χ2n) is 15.4. The molecule has 4 amide bonds. The van der Waals surface area contributed by atoms with Gasteiger partial charge in [-0.1, -0.05) is 85.6 Å². The number of rotatable bonds is 25. The van der Waals surface area contributed by atoms with Crippen molar-refractivity contribution in [3.63, 3.8) is 0 Å². The highest BCUT2D eigenvalue weighted by molar-refractivity contribution is 5.97. The number of hydrogen-bond donors (Lipinski definition) is 8. The predicted molar refractivity (Wildman–Crippen MR) is 232 cm³/mol. The van der Waals surface area contributed by atoms with E-state index in [9.17, 15) is 48.6 Å². The van der Waals surface area contributed by atoms with E-state index < -0.39 is 85.0 Å². The van der Waals surface area contributed by atoms with Crippen LogP contribution in [0.3, 0.4) is 0 Å². The molecule has 1 aliphatic rings. The molecule has 4 atom stereocenters. The van der Waals surface area contributed by atoms with Crippen molar-refractivity contribution in [1.29, 1.82) is 0 Å². The van der Waals surface area contributed by atoms with Gasteiger partial charge in [0, 0.05) is 31.9 Å². The minimum Gasteiger partial charge on any atom is -0.494 e. The maximum Gasteiger partial charge on any atom is 0.359 e. The Morgan fingerprint density at radius 2 is 1.28 bits per heavy atom. The molecule has 19 heteroatoms. The van der Waals surface area contributed by atoms with Crippen LogP contribution in [0.1, 0.15) is 73.5 Å². The molecular formula is C46H52N7O12+. The smallest absolute Gasteiger partial charge is 0.359 e. The Morgan fingerprint density at radius 3 is 1.89 bits per heavy atom. The topological polar surface area (TPSA) is 283 Å². The zero-order chi connectivity index (χ0) is 46.9. The van der Waals surface area contributed by atoms with Crippen LogP contribution < -0.4 is 35.9 Å². The highest BCUT2D eigenvalue weighted by atomic mass is 16.5. The Bertz CT molecular complexity index is 2350. The summed E-state index contributed by atoms with van der Waals surface area (Å²) in [6, 6.07) is 21.6. The first kappa shape index (κ1) is 48.3. The highest BCUT2D eigenvalue weighted by Gasteiger charge is 2.41. The van der Waals surface area contributed by atoms with E-state index in [0.29, 0.717) is 56.0 Å². The van der Waals surface area contributed by atoms with E-state index in [1.165, 1.54) is 0 Å². The highest BCUT2D eigenvalue weighted by Crippen LogP contribution is 2.26. The summed E-state index contributed by atoms with van der Waals surface area (Å²) in [5.41, 5.74) is 4.36. The van der Waals surface area contributed by atoms with Gasteiger partial charge in [-0.3, -0.25) is 38.9 Å². The number of anilines is 1. The van der Waals surface area contributed by atoms with E-state index in [2.05, 4.69) is 26.6 Å². The van der Waals surface area contributed by atoms with E-state index in [1.54, 1.807) is 10.8 Å². The lowest BCUT2D eigenvalue weighted by atomic mass is 10.1. The minimum absolute atomic E-state index is 0.0847. The van der Waals surface area contributed by atoms with Gasteiger partial charge in [-0.15, -0.1) is 0 Å². The first-order valence-electron chi connectivity index (χ1n) is 21.0. The summed E-state index contributed by atoms with van der Waals surface area (Å²) in [7, 11) is 0. The van der Waals surface area contributed by atoms with Gasteiger partial charge in [-0.25, -0.2) is 9.78 Å². The number of carbonyl (C=O) groups excluding carboxylic acids is 5. The second kappa shape index (κ2) is 23.7. The van der Waals surface area contributed by atoms with Crippen molar-refractivity contribution in [2.24, 2.45) is 0 Å². The zero-order valence-electron chi connectivity index (χ0n) is 35.7. The summed E-state index contributed by atoms with van der Waals surface area (Å²) in [6.45, 7) is 1.55. The largest absolute Gasteiger partial charge is 0.494 e. The molecule has 0 fully saturated rings. The number of carbonyl (C=O) groups is 8. The Labute approximate surface area is 374 Å². The Hall–Kier alpha value is -7.70. The van der Waals surface area contributed by atoms with Crippen LogP contribution >= 0.6 is 0 Å². The van der Waals surface area contributed by atoms with E-state index in [1.807, 2.05) is 84.9 Å². The maximum absolute atomic E-state index is 13.8. The van der Waals surface area contributed by atoms with Crippen LogP contribution in [-0.4, -0.2) is 105 Å². The summed E-state index contributed by atoms with van der Waals surface area (Å²) in [5.74, 6) is -7.21. The molecule has 1 aliphatic heterocycles. The molecule has 0 saturated carbocycles. The third kappa shape index (κ3) is 15.0. The third-order valence-corrected chi connectivity index (χ3v) is 10.2. The van der Waals surface area contributed by atoms with Crippen molar-refractivity contribution in [3.05, 3.63) is 108 Å². The lowest BCUT2D eigenvalue weighted by Crippen LogP contribution is -2.57. The number of aromatic nitrogens is 2. The lowest BCUT2D eigenvalue weighted by Gasteiger charge is -2.23. The summed E-state index contributed by atoms with van der Waals surface area (Å²) in [6.07, 6.45) is 2.59. The van der Waals surface area contributed by atoms with Crippen LogP contribution in [0, 0.1) is 0 Å². The molecule has 1 aromatic heterocycles. The fourth-order valence-corrected chi connectivity index (χ4v) is 7.12. The average Bonchev–Trinajstić information content (AvgIpc) is 3.58. The van der Waals surface area contributed by atoms with Crippen LogP contribution in [0.5, 0.6) is 5.75 Å². The number of fused-ring (bicyclic) bond motifs is 1. The molecule has 4 aromatic rings. The number of unbranched alkanes of at least 4 members (excludes halogenated alkanes) is 3. The molecule has 342 valence electrons. The van der Waals surface area contributed by atoms with Gasteiger partial charge in [0.25, 0.3) is 0 Å². The first-order valence-corrected chi connectivity index (χ1v) is 21.0. The zero-order valence-corrected chi connectivity index (χ0v) is 35.7. The molecule has 0 radical (unpaired) electrons. The fraction of sp³-hybridized carbons (Fsp3) is 0.348. The van der Waals surface area contributed by atoms with Crippen molar-refractivity contribution >= 4 is 53.3 Å². The SMILES string of the molecule is CC(=O)NC(CC(=O)O)C(=O)NC(CC(=O)O)C(=O)NC(CC(=O)O)C(=O)NCCCCCCOc1cccc(CC2Nc3c(Cc4ccccc4)nc(-c4ccccc4)c[n+]3C2=O)c1. The Balaban J connectivity index is 1.07. The number of nitrogens with zero attached hydrogens (tertiary/aromatic N) is 2. The molecule has 0 aliphatic carbocycles. The quantitative estimate of drug-likeness (QED) is 0.0350. The number of carboxylic acid groups (broad SMARTS) is 3. The summed E-state index contributed by atoms with van der Waals surface area (Å²) < 4.78 is 7.69. The second-order valence-corrected chi connectivity index (χ2v) is 15.4. The van der Waals surface area contributed by atoms with Crippen LogP contribution in [0.15, 0.2) is 91.1 Å². The molecule has 8 N–H and O–H groups in total. The summed E-state index contributed by atoms with van der Waals surface area (Å²) >= 11 is 0. The average molecular weight is 895 g/mol. The monoisotopic (exact) mass is 894 g/mol. The molecule has 2 heterocycles. The number of aliphatic carboxylic acids is 3. The van der Waals surface area contributed by atoms with Crippen molar-refractivity contribution in [1.82, 2.24) is 26.3 Å². The molecular weight excluding hydrogens is 843 g/mol. The molecule has 0 spiro atoms. The molecule has 4 unspecified atom stereocenters. The van der Waals surface area contributed by atoms with Gasteiger partial charge in [-0.05, 0) is 36.1 Å². The van der Waals surface area contributed by atoms with E-state index in [4.69, 9.17) is 14.8 Å². The number of ether oxygens (including phenoxy) is 1. The van der Waals surface area contributed by atoms with Gasteiger partial charge in [0.1, 0.15) is 41.5 Å². The van der Waals surface area contributed by atoms with E-state index in [0.717, 1.165) is 35.7 Å². The van der Waals surface area contributed by atoms with Crippen molar-refractivity contribution in [2.75, 3.05) is 18.5 Å². The molecule has 0 saturated heterocycles. The van der Waals surface area contributed by atoms with Gasteiger partial charge in [0.15, 0.2) is 6.04 Å². The van der Waals surface area contributed by atoms with Crippen LogP contribution in [0.4, 0.5) is 5.82 Å². The standard InChI is InChI=1S/C46H51N7O12/c1-28(54)48-35(25-40(57)58)44(62)52-36(26-41(59)60)45(63)51-34(24-39(55)56)43(61)47-19-10-2-3-11-20-65-32-18-12-15-30(21-32)23-37-46(64)53-27-38(31-16-8-5-9-17-31)49-33(42(53)50-37)22-29-13-6-4-7-14-29/h4-9,12-18,21,27,34-37H,2-3,10-11,19-20,22-26H2,1H3,(H7,47,48,51,52,54,55,56,57,58,59,60,61,62,63)/p+1. The van der Waals surface area contributed by atoms with E-state index in [-0.39, 0.29) is 12.5 Å². The summed E-state index contributed by atoms with van der Waals surface area (Å²) in [4.78, 5) is 103. The van der Waals surface area contributed by atoms with Crippen molar-refractivity contribution in [2.45, 2.75) is 88.9 Å². The lowest BCUT2D eigenvalue weighted by molar-refractivity contribution is -0.552. The fourth-order valence-electron chi connectivity index (χ4n) is 7.12. The van der Waals surface area contributed by atoms with Gasteiger partial charge in [0.05, 0.1) is 25.9 Å². The van der Waals surface area contributed by atoms with Crippen LogP contribution in [0.25, 0.3) is 11.3 Å². The Morgan fingerprint density at radius 1 is 0.708 bits per heavy atom. The predicted octanol–water partition coefficient (Wildman–Crippen LogP) is 2.26. The molecule has 0 bridgehead atoms. The number of benzene rings is 3.